The predicted octanol–water partition coefficient (Wildman–Crippen LogP) is 2.94. The van der Waals surface area contributed by atoms with Gasteiger partial charge in [0.2, 0.25) is 0 Å². The number of hydrogen-bond acceptors (Lipinski definition) is 3. The van der Waals surface area contributed by atoms with Gasteiger partial charge in [-0.2, -0.15) is 26.3 Å². The van der Waals surface area contributed by atoms with E-state index in [-0.39, 0.29) is 18.2 Å². The van der Waals surface area contributed by atoms with Gasteiger partial charge in [-0.3, -0.25) is 4.79 Å². The van der Waals surface area contributed by atoms with Crippen molar-refractivity contribution in [3.05, 3.63) is 34.9 Å². The van der Waals surface area contributed by atoms with Crippen LogP contribution in [-0.4, -0.2) is 36.2 Å². The minimum Gasteiger partial charge on any atom is -0.479 e. The van der Waals surface area contributed by atoms with E-state index in [9.17, 15) is 35.9 Å². The molecule has 0 saturated heterocycles. The van der Waals surface area contributed by atoms with Crippen molar-refractivity contribution in [3.8, 4) is 0 Å². The Hall–Kier alpha value is -2.30. The highest BCUT2D eigenvalue weighted by Crippen LogP contribution is 2.36. The molecule has 2 N–H and O–H groups in total. The third-order valence-corrected chi connectivity index (χ3v) is 3.14. The number of carboxylic acid groups (broad SMARTS) is 1. The van der Waals surface area contributed by atoms with E-state index in [1.807, 2.05) is 5.32 Å². The van der Waals surface area contributed by atoms with Crippen molar-refractivity contribution in [2.75, 3.05) is 13.7 Å². The van der Waals surface area contributed by atoms with Crippen LogP contribution in [0.2, 0.25) is 0 Å². The van der Waals surface area contributed by atoms with Crippen LogP contribution in [0.5, 0.6) is 0 Å². The van der Waals surface area contributed by atoms with Crippen molar-refractivity contribution in [2.45, 2.75) is 24.8 Å². The van der Waals surface area contributed by atoms with E-state index in [2.05, 4.69) is 4.74 Å². The van der Waals surface area contributed by atoms with Gasteiger partial charge in [0.15, 0.2) is 5.54 Å². The van der Waals surface area contributed by atoms with Gasteiger partial charge >= 0.3 is 18.3 Å². The highest BCUT2D eigenvalue weighted by Gasteiger charge is 2.39. The molecular formula is C14H13F6NO4. The lowest BCUT2D eigenvalue weighted by Gasteiger charge is -2.25. The molecule has 0 aromatic heterocycles. The van der Waals surface area contributed by atoms with Crippen LogP contribution in [0.1, 0.15) is 28.4 Å². The van der Waals surface area contributed by atoms with Crippen LogP contribution >= 0.6 is 0 Å². The van der Waals surface area contributed by atoms with Crippen LogP contribution < -0.4 is 5.32 Å². The van der Waals surface area contributed by atoms with Gasteiger partial charge in [-0.1, -0.05) is 0 Å². The molecule has 140 valence electrons. The van der Waals surface area contributed by atoms with Gasteiger partial charge in [0, 0.05) is 12.7 Å². The number of aliphatic carboxylic acids is 1. The van der Waals surface area contributed by atoms with Crippen LogP contribution in [0.15, 0.2) is 18.2 Å². The SMILES string of the molecule is COCC(C)(NC(=O)c1cc(C(F)(F)F)cc(C(F)(F)F)c1)C(=O)O. The summed E-state index contributed by atoms with van der Waals surface area (Å²) in [4.78, 5) is 23.2. The van der Waals surface area contributed by atoms with E-state index >= 15 is 0 Å². The lowest BCUT2D eigenvalue weighted by atomic mass is 10.0. The topological polar surface area (TPSA) is 75.6 Å². The number of alkyl halides is 6. The second kappa shape index (κ2) is 6.90. The van der Waals surface area contributed by atoms with Crippen molar-refractivity contribution in [2.24, 2.45) is 0 Å². The summed E-state index contributed by atoms with van der Waals surface area (Å²) in [5.74, 6) is -3.00. The summed E-state index contributed by atoms with van der Waals surface area (Å²) in [5.41, 5.74) is -6.39. The summed E-state index contributed by atoms with van der Waals surface area (Å²) in [7, 11) is 1.11. The molecule has 11 heteroatoms. The number of nitrogens with one attached hydrogen (secondary N) is 1. The maximum atomic E-state index is 12.8. The number of amides is 1. The average molecular weight is 373 g/mol. The van der Waals surface area contributed by atoms with Gasteiger partial charge in [-0.15, -0.1) is 0 Å². The molecule has 0 radical (unpaired) electrons. The van der Waals surface area contributed by atoms with Crippen molar-refractivity contribution in [1.29, 1.82) is 0 Å². The molecule has 1 atom stereocenters. The van der Waals surface area contributed by atoms with Gasteiger partial charge in [0.05, 0.1) is 17.7 Å². The first-order valence-electron chi connectivity index (χ1n) is 6.55. The first-order valence-corrected chi connectivity index (χ1v) is 6.55. The molecular weight excluding hydrogens is 360 g/mol. The highest BCUT2D eigenvalue weighted by atomic mass is 19.4. The zero-order valence-corrected chi connectivity index (χ0v) is 12.9. The Morgan fingerprint density at radius 3 is 1.80 bits per heavy atom. The molecule has 0 aliphatic carbocycles. The van der Waals surface area contributed by atoms with E-state index in [0.29, 0.717) is 0 Å². The maximum Gasteiger partial charge on any atom is 0.416 e. The van der Waals surface area contributed by atoms with Gasteiger partial charge in [-0.05, 0) is 25.1 Å². The molecule has 1 amide bonds. The Balaban J connectivity index is 3.36. The highest BCUT2D eigenvalue weighted by molar-refractivity contribution is 5.98. The fraction of sp³-hybridized carbons (Fsp3) is 0.429. The molecule has 1 unspecified atom stereocenters. The van der Waals surface area contributed by atoms with Gasteiger partial charge in [-0.25, -0.2) is 4.79 Å². The summed E-state index contributed by atoms with van der Waals surface area (Å²) >= 11 is 0. The summed E-state index contributed by atoms with van der Waals surface area (Å²) in [6, 6.07) is 0.279. The molecule has 1 aromatic rings. The fourth-order valence-corrected chi connectivity index (χ4v) is 1.85. The molecule has 25 heavy (non-hydrogen) atoms. The number of halogens is 6. The smallest absolute Gasteiger partial charge is 0.416 e. The number of carboxylic acids is 1. The standard InChI is InChI=1S/C14H13F6NO4/c1-12(6-25-2,11(23)24)21-10(22)7-3-8(13(15,16)17)5-9(4-7)14(18,19)20/h3-5H,6H2,1-2H3,(H,21,22)(H,23,24). The van der Waals surface area contributed by atoms with Crippen molar-refractivity contribution in [3.63, 3.8) is 0 Å². The molecule has 0 saturated carbocycles. The Morgan fingerprint density at radius 2 is 1.48 bits per heavy atom. The fourth-order valence-electron chi connectivity index (χ4n) is 1.85. The number of ether oxygens (including phenoxy) is 1. The zero-order chi connectivity index (χ0) is 19.6. The molecule has 0 aliphatic heterocycles. The first-order chi connectivity index (χ1) is 11.2. The van der Waals surface area contributed by atoms with Crippen molar-refractivity contribution in [1.82, 2.24) is 5.32 Å². The molecule has 0 aliphatic rings. The predicted molar refractivity (Wildman–Crippen MR) is 71.8 cm³/mol. The molecule has 1 rings (SSSR count). The Bertz CT molecular complexity index is 638. The van der Waals surface area contributed by atoms with Crippen LogP contribution in [0.25, 0.3) is 0 Å². The van der Waals surface area contributed by atoms with E-state index in [4.69, 9.17) is 5.11 Å². The van der Waals surface area contributed by atoms with E-state index in [1.165, 1.54) is 0 Å². The zero-order valence-electron chi connectivity index (χ0n) is 12.9. The van der Waals surface area contributed by atoms with Crippen LogP contribution in [0, 0.1) is 0 Å². The largest absolute Gasteiger partial charge is 0.479 e. The molecule has 0 fully saturated rings. The third kappa shape index (κ3) is 5.08. The number of rotatable bonds is 5. The van der Waals surface area contributed by atoms with E-state index in [0.717, 1.165) is 14.0 Å². The number of benzene rings is 1. The number of carbonyl (C=O) groups is 2. The minimum atomic E-state index is -5.13. The maximum absolute atomic E-state index is 12.8. The Labute approximate surface area is 137 Å². The lowest BCUT2D eigenvalue weighted by Crippen LogP contribution is -2.55. The quantitative estimate of drug-likeness (QED) is 0.779. The summed E-state index contributed by atoms with van der Waals surface area (Å²) in [6.45, 7) is 0.439. The summed E-state index contributed by atoms with van der Waals surface area (Å²) in [6.07, 6.45) is -10.3. The van der Waals surface area contributed by atoms with E-state index in [1.54, 1.807) is 0 Å². The normalized spacial score (nSPS) is 14.7. The average Bonchev–Trinajstić information content (AvgIpc) is 2.44. The van der Waals surface area contributed by atoms with E-state index < -0.39 is 53.1 Å². The molecule has 0 heterocycles. The van der Waals surface area contributed by atoms with Crippen LogP contribution in [0.3, 0.4) is 0 Å². The Kier molecular flexibility index (Phi) is 5.73. The van der Waals surface area contributed by atoms with Gasteiger partial charge in [0.25, 0.3) is 5.91 Å². The lowest BCUT2D eigenvalue weighted by molar-refractivity contribution is -0.146. The van der Waals surface area contributed by atoms with Gasteiger partial charge in [0.1, 0.15) is 0 Å². The molecule has 5 nitrogen and oxygen atoms in total. The van der Waals surface area contributed by atoms with Crippen LogP contribution in [-0.2, 0) is 21.9 Å². The van der Waals surface area contributed by atoms with Crippen LogP contribution in [0.4, 0.5) is 26.3 Å². The van der Waals surface area contributed by atoms with Crippen molar-refractivity contribution >= 4 is 11.9 Å². The second-order valence-corrected chi connectivity index (χ2v) is 5.32. The van der Waals surface area contributed by atoms with Gasteiger partial charge < -0.3 is 15.2 Å². The third-order valence-electron chi connectivity index (χ3n) is 3.14. The minimum absolute atomic E-state index is 0.137. The number of carbonyl (C=O) groups excluding carboxylic acids is 1. The summed E-state index contributed by atoms with van der Waals surface area (Å²) in [5, 5.41) is 10.9. The number of hydrogen-bond donors (Lipinski definition) is 2. The Morgan fingerprint density at radius 1 is 1.04 bits per heavy atom. The second-order valence-electron chi connectivity index (χ2n) is 5.32. The monoisotopic (exact) mass is 373 g/mol. The summed E-state index contributed by atoms with van der Waals surface area (Å²) < 4.78 is 81.2. The van der Waals surface area contributed by atoms with Crippen molar-refractivity contribution < 1.29 is 45.8 Å². The number of methoxy groups -OCH3 is 1. The molecule has 0 spiro atoms. The molecule has 0 bridgehead atoms. The molecule has 1 aromatic carbocycles. The first kappa shape index (κ1) is 20.7.